The second-order valence-electron chi connectivity index (χ2n) is 8.68. The number of halogens is 1. The molecule has 1 aliphatic heterocycles. The number of benzene rings is 3. The number of nitrogens with one attached hydrogen (secondary N) is 2. The van der Waals surface area contributed by atoms with E-state index in [0.717, 1.165) is 38.2 Å². The fourth-order valence-electron chi connectivity index (χ4n) is 4.97. The van der Waals surface area contributed by atoms with Crippen molar-refractivity contribution in [2.75, 3.05) is 32.0 Å². The first-order chi connectivity index (χ1) is 17.0. The van der Waals surface area contributed by atoms with Crippen LogP contribution in [0.2, 0.25) is 0 Å². The number of allylic oxidation sites excluding steroid dienone is 1. The molecule has 7 heteroatoms. The van der Waals surface area contributed by atoms with Gasteiger partial charge in [-0.25, -0.2) is 0 Å². The molecule has 0 saturated heterocycles. The monoisotopic (exact) mass is 534 g/mol. The molecule has 5 rings (SSSR count). The highest BCUT2D eigenvalue weighted by Crippen LogP contribution is 2.47. The predicted octanol–water partition coefficient (Wildman–Crippen LogP) is 6.45. The van der Waals surface area contributed by atoms with Crippen molar-refractivity contribution in [1.82, 2.24) is 0 Å². The van der Waals surface area contributed by atoms with Gasteiger partial charge in [-0.05, 0) is 59.9 Å². The normalized spacial score (nSPS) is 19.0. The van der Waals surface area contributed by atoms with E-state index in [1.807, 2.05) is 48.5 Å². The summed E-state index contributed by atoms with van der Waals surface area (Å²) in [5.41, 5.74) is 5.66. The number of carbonyl (C=O) groups is 1. The van der Waals surface area contributed by atoms with E-state index in [-0.39, 0.29) is 17.7 Å². The number of fused-ring (bicyclic) bond motifs is 1. The van der Waals surface area contributed by atoms with Crippen LogP contribution in [0.15, 0.2) is 76.4 Å². The van der Waals surface area contributed by atoms with Crippen LogP contribution in [0.5, 0.6) is 17.2 Å². The van der Waals surface area contributed by atoms with Crippen molar-refractivity contribution < 1.29 is 19.0 Å². The van der Waals surface area contributed by atoms with Crippen molar-refractivity contribution in [1.29, 1.82) is 0 Å². The summed E-state index contributed by atoms with van der Waals surface area (Å²) in [7, 11) is 4.79. The molecule has 0 fully saturated rings. The molecular weight excluding hydrogens is 508 g/mol. The van der Waals surface area contributed by atoms with Crippen molar-refractivity contribution in [2.45, 2.75) is 24.8 Å². The maximum atomic E-state index is 13.8. The topological polar surface area (TPSA) is 68.8 Å². The summed E-state index contributed by atoms with van der Waals surface area (Å²) in [4.78, 5) is 13.8. The molecule has 3 aromatic rings. The van der Waals surface area contributed by atoms with E-state index >= 15 is 0 Å². The highest BCUT2D eigenvalue weighted by molar-refractivity contribution is 9.10. The van der Waals surface area contributed by atoms with E-state index in [4.69, 9.17) is 14.2 Å². The highest BCUT2D eigenvalue weighted by atomic mass is 79.9. The van der Waals surface area contributed by atoms with Crippen LogP contribution in [0, 0.1) is 0 Å². The summed E-state index contributed by atoms with van der Waals surface area (Å²) in [5.74, 6) is 1.80. The quantitative estimate of drug-likeness (QED) is 0.391. The van der Waals surface area contributed by atoms with Crippen molar-refractivity contribution in [3.8, 4) is 17.2 Å². The molecular formula is C28H27BrN2O4. The fraction of sp³-hybridized carbons (Fsp3) is 0.250. The third-order valence-electron chi connectivity index (χ3n) is 6.67. The molecule has 0 amide bonds. The number of carbonyl (C=O) groups excluding carboxylic acids is 1. The Kier molecular flexibility index (Phi) is 6.43. The standard InChI is InChI=1S/C28H27BrN2O4/c1-33-24-14-18(15-25(34-2)28(24)35-3)17-12-22-26(23(32)13-17)27(16-8-10-19(29)11-9-16)31-21-7-5-4-6-20(21)30-22/h4-11,14-15,17,27,30-31H,12-13H2,1-3H3. The maximum Gasteiger partial charge on any atom is 0.203 e. The maximum absolute atomic E-state index is 13.8. The fourth-order valence-corrected chi connectivity index (χ4v) is 5.23. The third kappa shape index (κ3) is 4.36. The van der Waals surface area contributed by atoms with Crippen LogP contribution in [-0.2, 0) is 4.79 Å². The van der Waals surface area contributed by atoms with E-state index in [9.17, 15) is 4.79 Å². The number of hydrogen-bond donors (Lipinski definition) is 2. The molecule has 0 bridgehead atoms. The van der Waals surface area contributed by atoms with Gasteiger partial charge in [0.2, 0.25) is 5.75 Å². The largest absolute Gasteiger partial charge is 0.493 e. The van der Waals surface area contributed by atoms with Gasteiger partial charge in [-0.3, -0.25) is 4.79 Å². The number of hydrogen-bond acceptors (Lipinski definition) is 6. The van der Waals surface area contributed by atoms with Gasteiger partial charge in [0, 0.05) is 22.2 Å². The van der Waals surface area contributed by atoms with Crippen LogP contribution in [0.3, 0.4) is 0 Å². The number of Topliss-reactive ketones (excluding diaryl/α,β-unsaturated/α-hetero) is 1. The van der Waals surface area contributed by atoms with E-state index < -0.39 is 0 Å². The molecule has 35 heavy (non-hydrogen) atoms. The summed E-state index contributed by atoms with van der Waals surface area (Å²) in [6.07, 6.45) is 1.08. The van der Waals surface area contributed by atoms with Gasteiger partial charge in [0.1, 0.15) is 0 Å². The molecule has 2 unspecified atom stereocenters. The van der Waals surface area contributed by atoms with Gasteiger partial charge in [0.15, 0.2) is 17.3 Å². The van der Waals surface area contributed by atoms with Crippen molar-refractivity contribution in [2.24, 2.45) is 0 Å². The lowest BCUT2D eigenvalue weighted by Gasteiger charge is -2.30. The number of para-hydroxylation sites is 2. The molecule has 1 aliphatic carbocycles. The molecule has 0 aromatic heterocycles. The minimum Gasteiger partial charge on any atom is -0.493 e. The zero-order valence-electron chi connectivity index (χ0n) is 19.9. The predicted molar refractivity (Wildman–Crippen MR) is 141 cm³/mol. The lowest BCUT2D eigenvalue weighted by Crippen LogP contribution is -2.27. The number of anilines is 2. The lowest BCUT2D eigenvalue weighted by atomic mass is 9.78. The second-order valence-corrected chi connectivity index (χ2v) is 9.59. The molecule has 2 N–H and O–H groups in total. The van der Waals surface area contributed by atoms with Gasteiger partial charge < -0.3 is 24.8 Å². The zero-order chi connectivity index (χ0) is 24.5. The summed E-state index contributed by atoms with van der Waals surface area (Å²) in [5, 5.41) is 7.20. The molecule has 0 saturated carbocycles. The van der Waals surface area contributed by atoms with Gasteiger partial charge in [0.05, 0.1) is 38.7 Å². The van der Waals surface area contributed by atoms with E-state index in [0.29, 0.717) is 30.1 Å². The first-order valence-electron chi connectivity index (χ1n) is 11.5. The third-order valence-corrected chi connectivity index (χ3v) is 7.20. The average molecular weight is 535 g/mol. The van der Waals surface area contributed by atoms with Crippen LogP contribution < -0.4 is 24.8 Å². The smallest absolute Gasteiger partial charge is 0.203 e. The molecule has 3 aromatic carbocycles. The van der Waals surface area contributed by atoms with Crippen LogP contribution >= 0.6 is 15.9 Å². The Morgan fingerprint density at radius 1 is 0.829 bits per heavy atom. The first kappa shape index (κ1) is 23.3. The number of ketones is 1. The van der Waals surface area contributed by atoms with Crippen LogP contribution in [0.1, 0.15) is 35.9 Å². The van der Waals surface area contributed by atoms with Crippen LogP contribution in [0.25, 0.3) is 0 Å². The SMILES string of the molecule is COc1cc(C2CC(=O)C3=C(C2)Nc2ccccc2NC3c2ccc(Br)cc2)cc(OC)c1OC. The first-order valence-corrected chi connectivity index (χ1v) is 12.3. The lowest BCUT2D eigenvalue weighted by molar-refractivity contribution is -0.116. The Hall–Kier alpha value is -3.45. The van der Waals surface area contributed by atoms with Crippen LogP contribution in [0.4, 0.5) is 11.4 Å². The Balaban J connectivity index is 1.59. The molecule has 0 spiro atoms. The molecule has 2 atom stereocenters. The summed E-state index contributed by atoms with van der Waals surface area (Å²) >= 11 is 3.52. The van der Waals surface area contributed by atoms with E-state index in [1.165, 1.54) is 0 Å². The molecule has 6 nitrogen and oxygen atoms in total. The van der Waals surface area contributed by atoms with Gasteiger partial charge in [0.25, 0.3) is 0 Å². The second kappa shape index (κ2) is 9.66. The molecule has 0 radical (unpaired) electrons. The minimum atomic E-state index is -0.248. The molecule has 2 aliphatic rings. The number of methoxy groups -OCH3 is 3. The zero-order valence-corrected chi connectivity index (χ0v) is 21.4. The van der Waals surface area contributed by atoms with Crippen molar-refractivity contribution in [3.63, 3.8) is 0 Å². The summed E-state index contributed by atoms with van der Waals surface area (Å²) in [6, 6.07) is 19.8. The highest BCUT2D eigenvalue weighted by Gasteiger charge is 2.36. The van der Waals surface area contributed by atoms with E-state index in [1.54, 1.807) is 21.3 Å². The Morgan fingerprint density at radius 3 is 2.11 bits per heavy atom. The van der Waals surface area contributed by atoms with Gasteiger partial charge in [-0.2, -0.15) is 0 Å². The van der Waals surface area contributed by atoms with Gasteiger partial charge in [-0.15, -0.1) is 0 Å². The molecule has 1 heterocycles. The average Bonchev–Trinajstić information content (AvgIpc) is 3.05. The van der Waals surface area contributed by atoms with Crippen LogP contribution in [-0.4, -0.2) is 27.1 Å². The van der Waals surface area contributed by atoms with Gasteiger partial charge >= 0.3 is 0 Å². The number of rotatable bonds is 5. The summed E-state index contributed by atoms with van der Waals surface area (Å²) in [6.45, 7) is 0. The van der Waals surface area contributed by atoms with Gasteiger partial charge in [-0.1, -0.05) is 40.2 Å². The molecule has 180 valence electrons. The Morgan fingerprint density at radius 2 is 1.49 bits per heavy atom. The Labute approximate surface area is 213 Å². The van der Waals surface area contributed by atoms with Crippen molar-refractivity contribution in [3.05, 3.63) is 87.5 Å². The Bertz CT molecular complexity index is 1280. The van der Waals surface area contributed by atoms with Crippen molar-refractivity contribution >= 4 is 33.1 Å². The number of ether oxygens (including phenoxy) is 3. The minimum absolute atomic E-state index is 0.0294. The summed E-state index contributed by atoms with van der Waals surface area (Å²) < 4.78 is 17.6. The van der Waals surface area contributed by atoms with E-state index in [2.05, 4.69) is 38.7 Å².